The highest BCUT2D eigenvalue weighted by Crippen LogP contribution is 2.18. The number of amides is 1. The van der Waals surface area contributed by atoms with Crippen LogP contribution in [0.25, 0.3) is 0 Å². The van der Waals surface area contributed by atoms with E-state index in [1.165, 1.54) is 5.56 Å². The van der Waals surface area contributed by atoms with E-state index in [2.05, 4.69) is 17.4 Å². The van der Waals surface area contributed by atoms with E-state index in [1.807, 2.05) is 55.5 Å². The Hall–Kier alpha value is -2.13. The average molecular weight is 296 g/mol. The van der Waals surface area contributed by atoms with Gasteiger partial charge >= 0.3 is 0 Å². The molecular formula is C19H24N2O. The standard InChI is InChI=1S/C19H24N2O/c1-15(18(20)17-12-6-3-7-13-17)19(22)21-14-8-11-16-9-4-2-5-10-16/h2-7,9-10,12-13,15,18H,8,11,14,20H2,1H3,(H,21,22). The van der Waals surface area contributed by atoms with E-state index in [1.54, 1.807) is 0 Å². The summed E-state index contributed by atoms with van der Waals surface area (Å²) in [6.45, 7) is 2.56. The Labute approximate surface area is 132 Å². The summed E-state index contributed by atoms with van der Waals surface area (Å²) in [5.74, 6) is -0.219. The third-order valence-electron chi connectivity index (χ3n) is 3.92. The lowest BCUT2D eigenvalue weighted by atomic mass is 9.94. The molecule has 2 rings (SSSR count). The minimum atomic E-state index is -0.268. The Balaban J connectivity index is 1.75. The molecule has 0 bridgehead atoms. The van der Waals surface area contributed by atoms with Crippen molar-refractivity contribution < 1.29 is 4.79 Å². The summed E-state index contributed by atoms with van der Waals surface area (Å²) in [6, 6.07) is 19.8. The number of hydrogen-bond donors (Lipinski definition) is 2. The van der Waals surface area contributed by atoms with Crippen molar-refractivity contribution in [3.05, 3.63) is 71.8 Å². The molecule has 2 aromatic carbocycles. The number of aryl methyl sites for hydroxylation is 1. The monoisotopic (exact) mass is 296 g/mol. The van der Waals surface area contributed by atoms with E-state index >= 15 is 0 Å². The third kappa shape index (κ3) is 4.71. The Morgan fingerprint density at radius 2 is 1.64 bits per heavy atom. The van der Waals surface area contributed by atoms with E-state index in [4.69, 9.17) is 5.73 Å². The molecule has 116 valence electrons. The lowest BCUT2D eigenvalue weighted by molar-refractivity contribution is -0.125. The second-order valence-electron chi connectivity index (χ2n) is 5.61. The summed E-state index contributed by atoms with van der Waals surface area (Å²) in [4.78, 5) is 12.2. The molecule has 3 nitrogen and oxygen atoms in total. The summed E-state index contributed by atoms with van der Waals surface area (Å²) < 4.78 is 0. The molecule has 0 saturated heterocycles. The van der Waals surface area contributed by atoms with Gasteiger partial charge in [-0.25, -0.2) is 0 Å². The molecule has 0 spiro atoms. The fourth-order valence-electron chi connectivity index (χ4n) is 2.44. The van der Waals surface area contributed by atoms with Gasteiger partial charge in [-0.1, -0.05) is 67.6 Å². The van der Waals surface area contributed by atoms with Crippen molar-refractivity contribution >= 4 is 5.91 Å². The number of benzene rings is 2. The van der Waals surface area contributed by atoms with Crippen LogP contribution in [0.4, 0.5) is 0 Å². The summed E-state index contributed by atoms with van der Waals surface area (Å²) in [5, 5.41) is 2.98. The van der Waals surface area contributed by atoms with Crippen LogP contribution in [0, 0.1) is 5.92 Å². The first-order valence-electron chi connectivity index (χ1n) is 7.80. The largest absolute Gasteiger partial charge is 0.356 e. The van der Waals surface area contributed by atoms with Crippen LogP contribution >= 0.6 is 0 Å². The molecule has 3 N–H and O–H groups in total. The molecule has 0 radical (unpaired) electrons. The summed E-state index contributed by atoms with van der Waals surface area (Å²) in [5.41, 5.74) is 8.47. The first kappa shape index (κ1) is 16.2. The van der Waals surface area contributed by atoms with Crippen LogP contribution in [0.15, 0.2) is 60.7 Å². The van der Waals surface area contributed by atoms with Gasteiger partial charge in [0.15, 0.2) is 0 Å². The van der Waals surface area contributed by atoms with Crippen LogP contribution in [0.5, 0.6) is 0 Å². The molecule has 0 heterocycles. The van der Waals surface area contributed by atoms with Gasteiger partial charge in [-0.15, -0.1) is 0 Å². The third-order valence-corrected chi connectivity index (χ3v) is 3.92. The SMILES string of the molecule is CC(C(=O)NCCCc1ccccc1)C(N)c1ccccc1. The summed E-state index contributed by atoms with van der Waals surface area (Å²) in [7, 11) is 0. The van der Waals surface area contributed by atoms with Gasteiger partial charge in [0.1, 0.15) is 0 Å². The highest BCUT2D eigenvalue weighted by Gasteiger charge is 2.21. The number of nitrogens with two attached hydrogens (primary N) is 1. The van der Waals surface area contributed by atoms with Crippen molar-refractivity contribution in [2.24, 2.45) is 11.7 Å². The zero-order valence-electron chi connectivity index (χ0n) is 13.0. The molecule has 0 aliphatic heterocycles. The molecule has 2 unspecified atom stereocenters. The van der Waals surface area contributed by atoms with Gasteiger partial charge in [0.25, 0.3) is 0 Å². The predicted octanol–water partition coefficient (Wildman–Crippen LogP) is 3.07. The van der Waals surface area contributed by atoms with Crippen LogP contribution in [-0.4, -0.2) is 12.5 Å². The van der Waals surface area contributed by atoms with Gasteiger partial charge in [-0.2, -0.15) is 0 Å². The van der Waals surface area contributed by atoms with Crippen molar-refractivity contribution in [1.29, 1.82) is 0 Å². The van der Waals surface area contributed by atoms with Gasteiger partial charge in [-0.3, -0.25) is 4.79 Å². The number of carbonyl (C=O) groups is 1. The van der Waals surface area contributed by atoms with E-state index in [-0.39, 0.29) is 17.9 Å². The fraction of sp³-hybridized carbons (Fsp3) is 0.316. The Bertz CT molecular complexity index is 569. The maximum Gasteiger partial charge on any atom is 0.224 e. The van der Waals surface area contributed by atoms with E-state index < -0.39 is 0 Å². The first-order chi connectivity index (χ1) is 10.7. The number of rotatable bonds is 7. The maximum absolute atomic E-state index is 12.2. The smallest absolute Gasteiger partial charge is 0.224 e. The lowest BCUT2D eigenvalue weighted by Gasteiger charge is -2.19. The van der Waals surface area contributed by atoms with Gasteiger partial charge in [0, 0.05) is 12.6 Å². The normalized spacial score (nSPS) is 13.4. The van der Waals surface area contributed by atoms with Gasteiger partial charge in [-0.05, 0) is 24.0 Å². The number of nitrogens with one attached hydrogen (secondary N) is 1. The Morgan fingerprint density at radius 1 is 1.05 bits per heavy atom. The predicted molar refractivity (Wildman–Crippen MR) is 90.3 cm³/mol. The van der Waals surface area contributed by atoms with Crippen molar-refractivity contribution in [3.8, 4) is 0 Å². The lowest BCUT2D eigenvalue weighted by Crippen LogP contribution is -2.36. The molecule has 0 saturated carbocycles. The Morgan fingerprint density at radius 3 is 2.27 bits per heavy atom. The Kier molecular flexibility index (Phi) is 6.16. The van der Waals surface area contributed by atoms with Crippen molar-refractivity contribution in [2.75, 3.05) is 6.54 Å². The van der Waals surface area contributed by atoms with Crippen molar-refractivity contribution in [1.82, 2.24) is 5.32 Å². The van der Waals surface area contributed by atoms with Crippen LogP contribution in [0.3, 0.4) is 0 Å². The molecule has 0 aliphatic carbocycles. The molecule has 22 heavy (non-hydrogen) atoms. The average Bonchev–Trinajstić information content (AvgIpc) is 2.59. The highest BCUT2D eigenvalue weighted by atomic mass is 16.1. The van der Waals surface area contributed by atoms with Crippen molar-refractivity contribution in [2.45, 2.75) is 25.8 Å². The molecule has 0 fully saturated rings. The minimum Gasteiger partial charge on any atom is -0.356 e. The molecule has 0 aliphatic rings. The number of hydrogen-bond acceptors (Lipinski definition) is 2. The van der Waals surface area contributed by atoms with E-state index in [9.17, 15) is 4.79 Å². The van der Waals surface area contributed by atoms with Crippen LogP contribution < -0.4 is 11.1 Å². The minimum absolute atomic E-state index is 0.0180. The van der Waals surface area contributed by atoms with Gasteiger partial charge in [0.05, 0.1) is 5.92 Å². The molecule has 2 aromatic rings. The van der Waals surface area contributed by atoms with Gasteiger partial charge in [0.2, 0.25) is 5.91 Å². The summed E-state index contributed by atoms with van der Waals surface area (Å²) >= 11 is 0. The van der Waals surface area contributed by atoms with Crippen LogP contribution in [0.1, 0.15) is 30.5 Å². The summed E-state index contributed by atoms with van der Waals surface area (Å²) in [6.07, 6.45) is 1.91. The zero-order valence-corrected chi connectivity index (χ0v) is 13.0. The molecule has 0 aromatic heterocycles. The van der Waals surface area contributed by atoms with Crippen LogP contribution in [-0.2, 0) is 11.2 Å². The molecule has 3 heteroatoms. The quantitative estimate of drug-likeness (QED) is 0.772. The molecule has 1 amide bonds. The number of carbonyl (C=O) groups excluding carboxylic acids is 1. The zero-order chi connectivity index (χ0) is 15.8. The fourth-order valence-corrected chi connectivity index (χ4v) is 2.44. The van der Waals surface area contributed by atoms with Crippen molar-refractivity contribution in [3.63, 3.8) is 0 Å². The second kappa shape index (κ2) is 8.35. The second-order valence-corrected chi connectivity index (χ2v) is 5.61. The van der Waals surface area contributed by atoms with Gasteiger partial charge < -0.3 is 11.1 Å². The maximum atomic E-state index is 12.2. The highest BCUT2D eigenvalue weighted by molar-refractivity contribution is 5.79. The molecular weight excluding hydrogens is 272 g/mol. The first-order valence-corrected chi connectivity index (χ1v) is 7.80. The topological polar surface area (TPSA) is 55.1 Å². The van der Waals surface area contributed by atoms with Crippen LogP contribution in [0.2, 0.25) is 0 Å². The van der Waals surface area contributed by atoms with E-state index in [0.29, 0.717) is 6.54 Å². The van der Waals surface area contributed by atoms with E-state index in [0.717, 1.165) is 18.4 Å². The molecule has 2 atom stereocenters.